The average molecular weight is 310 g/mol. The van der Waals surface area contributed by atoms with Crippen molar-refractivity contribution >= 4 is 28.1 Å². The molecule has 0 aromatic heterocycles. The quantitative estimate of drug-likeness (QED) is 0.601. The lowest BCUT2D eigenvalue weighted by molar-refractivity contribution is -0.387. The molecule has 0 amide bonds. The molecular weight excluding hydrogens is 294 g/mol. The second-order valence-corrected chi connectivity index (χ2v) is 5.62. The zero-order valence-corrected chi connectivity index (χ0v) is 11.9. The molecule has 1 rings (SSSR count). The number of rotatable bonds is 6. The molecule has 0 radical (unpaired) electrons. The molecule has 0 fully saturated rings. The highest BCUT2D eigenvalue weighted by Crippen LogP contribution is 2.22. The summed E-state index contributed by atoms with van der Waals surface area (Å²) in [7, 11) is -3.88. The summed E-state index contributed by atoms with van der Waals surface area (Å²) in [4.78, 5) is 9.69. The van der Waals surface area contributed by atoms with Gasteiger partial charge in [-0.2, -0.15) is 0 Å². The van der Waals surface area contributed by atoms with Crippen LogP contribution in [0.2, 0.25) is 0 Å². The van der Waals surface area contributed by atoms with E-state index in [0.717, 1.165) is 6.07 Å². The van der Waals surface area contributed by atoms with Gasteiger partial charge in [0.1, 0.15) is 0 Å². The minimum Gasteiger partial charge on any atom is -0.328 e. The lowest BCUT2D eigenvalue weighted by Gasteiger charge is -2.08. The molecule has 0 aliphatic rings. The Bertz CT molecular complexity index is 533. The predicted octanol–water partition coefficient (Wildman–Crippen LogP) is 1.03. The number of nitro groups is 1. The molecule has 0 heterocycles. The highest BCUT2D eigenvalue weighted by atomic mass is 35.5. The van der Waals surface area contributed by atoms with Crippen LogP contribution in [-0.4, -0.2) is 25.9 Å². The maximum absolute atomic E-state index is 11.9. The Kier molecular flexibility index (Phi) is 6.91. The normalized spacial score (nSPS) is 12.5. The fourth-order valence-corrected chi connectivity index (χ4v) is 2.55. The van der Waals surface area contributed by atoms with Crippen LogP contribution in [0.4, 0.5) is 5.69 Å². The summed E-state index contributed by atoms with van der Waals surface area (Å²) < 4.78 is 26.1. The first-order valence-electron chi connectivity index (χ1n) is 5.33. The lowest BCUT2D eigenvalue weighted by atomic mass is 10.3. The van der Waals surface area contributed by atoms with E-state index in [2.05, 4.69) is 4.72 Å². The van der Waals surface area contributed by atoms with E-state index in [4.69, 9.17) is 5.73 Å². The van der Waals surface area contributed by atoms with E-state index >= 15 is 0 Å². The highest BCUT2D eigenvalue weighted by molar-refractivity contribution is 7.89. The van der Waals surface area contributed by atoms with Crippen LogP contribution in [0.5, 0.6) is 0 Å². The number of halogens is 1. The van der Waals surface area contributed by atoms with Crippen molar-refractivity contribution in [1.82, 2.24) is 4.72 Å². The van der Waals surface area contributed by atoms with Gasteiger partial charge in [-0.05, 0) is 19.4 Å². The van der Waals surface area contributed by atoms with Crippen molar-refractivity contribution in [2.75, 3.05) is 6.54 Å². The van der Waals surface area contributed by atoms with Gasteiger partial charge in [0.05, 0.1) is 4.92 Å². The van der Waals surface area contributed by atoms with Crippen molar-refractivity contribution in [3.8, 4) is 0 Å². The van der Waals surface area contributed by atoms with E-state index < -0.39 is 20.6 Å². The molecule has 1 unspecified atom stereocenters. The van der Waals surface area contributed by atoms with E-state index in [1.165, 1.54) is 18.2 Å². The van der Waals surface area contributed by atoms with E-state index in [1.54, 1.807) is 6.92 Å². The Morgan fingerprint density at radius 2 is 2.00 bits per heavy atom. The third-order valence-corrected chi connectivity index (χ3v) is 3.75. The largest absolute Gasteiger partial charge is 0.328 e. The molecular formula is C10H16ClN3O4S. The molecule has 7 nitrogen and oxygen atoms in total. The molecule has 0 aliphatic heterocycles. The van der Waals surface area contributed by atoms with Crippen molar-refractivity contribution in [3.63, 3.8) is 0 Å². The molecule has 108 valence electrons. The highest BCUT2D eigenvalue weighted by Gasteiger charge is 2.24. The Labute approximate surface area is 117 Å². The van der Waals surface area contributed by atoms with E-state index in [9.17, 15) is 18.5 Å². The van der Waals surface area contributed by atoms with Crippen LogP contribution >= 0.6 is 12.4 Å². The monoisotopic (exact) mass is 309 g/mol. The molecule has 9 heteroatoms. The molecule has 0 saturated carbocycles. The van der Waals surface area contributed by atoms with Gasteiger partial charge in [-0.3, -0.25) is 10.1 Å². The van der Waals surface area contributed by atoms with Gasteiger partial charge in [-0.25, -0.2) is 13.1 Å². The topological polar surface area (TPSA) is 115 Å². The summed E-state index contributed by atoms with van der Waals surface area (Å²) in [5, 5.41) is 10.7. The van der Waals surface area contributed by atoms with Crippen LogP contribution in [-0.2, 0) is 10.0 Å². The standard InChI is InChI=1S/C10H15N3O4S.ClH/c1-8(11)6-7-12-18(16,17)10-5-3-2-4-9(10)13(14)15;/h2-5,8,12H,6-7,11H2,1H3;1H. The maximum Gasteiger partial charge on any atom is 0.289 e. The second-order valence-electron chi connectivity index (χ2n) is 3.89. The molecule has 1 aromatic rings. The third-order valence-electron chi connectivity index (χ3n) is 2.24. The zero-order valence-electron chi connectivity index (χ0n) is 10.3. The Morgan fingerprint density at radius 3 is 2.53 bits per heavy atom. The van der Waals surface area contributed by atoms with Crippen LogP contribution in [0.1, 0.15) is 13.3 Å². The first-order chi connectivity index (χ1) is 8.34. The number of benzene rings is 1. The Morgan fingerprint density at radius 1 is 1.42 bits per heavy atom. The number of nitro benzene ring substituents is 1. The fourth-order valence-electron chi connectivity index (χ4n) is 1.33. The molecule has 3 N–H and O–H groups in total. The van der Waals surface area contributed by atoms with Gasteiger partial charge in [0, 0.05) is 18.7 Å². The second kappa shape index (κ2) is 7.39. The van der Waals surface area contributed by atoms with Gasteiger partial charge < -0.3 is 5.73 Å². The van der Waals surface area contributed by atoms with Gasteiger partial charge in [-0.15, -0.1) is 12.4 Å². The van der Waals surface area contributed by atoms with Crippen molar-refractivity contribution in [2.24, 2.45) is 5.73 Å². The fraction of sp³-hybridized carbons (Fsp3) is 0.400. The molecule has 0 spiro atoms. The van der Waals surface area contributed by atoms with Crippen LogP contribution in [0.15, 0.2) is 29.2 Å². The first kappa shape index (κ1) is 17.8. The van der Waals surface area contributed by atoms with E-state index in [1.807, 2.05) is 0 Å². The number of para-hydroxylation sites is 1. The molecule has 1 atom stereocenters. The molecule has 0 aliphatic carbocycles. The lowest BCUT2D eigenvalue weighted by Crippen LogP contribution is -2.29. The smallest absolute Gasteiger partial charge is 0.289 e. The van der Waals surface area contributed by atoms with Crippen molar-refractivity contribution in [1.29, 1.82) is 0 Å². The van der Waals surface area contributed by atoms with E-state index in [0.29, 0.717) is 6.42 Å². The number of hydrogen-bond acceptors (Lipinski definition) is 5. The van der Waals surface area contributed by atoms with Crippen LogP contribution in [0.3, 0.4) is 0 Å². The summed E-state index contributed by atoms with van der Waals surface area (Å²) in [6, 6.07) is 5.07. The summed E-state index contributed by atoms with van der Waals surface area (Å²) >= 11 is 0. The van der Waals surface area contributed by atoms with Crippen molar-refractivity contribution in [2.45, 2.75) is 24.3 Å². The van der Waals surface area contributed by atoms with Gasteiger partial charge in [0.25, 0.3) is 5.69 Å². The number of nitrogens with zero attached hydrogens (tertiary/aromatic N) is 1. The zero-order chi connectivity index (χ0) is 13.8. The van der Waals surface area contributed by atoms with Crippen LogP contribution < -0.4 is 10.5 Å². The molecule has 0 bridgehead atoms. The molecule has 1 aromatic carbocycles. The molecule has 0 saturated heterocycles. The van der Waals surface area contributed by atoms with Gasteiger partial charge in [-0.1, -0.05) is 12.1 Å². The first-order valence-corrected chi connectivity index (χ1v) is 6.81. The maximum atomic E-state index is 11.9. The summed E-state index contributed by atoms with van der Waals surface area (Å²) in [6.07, 6.45) is 0.458. The Hall–Kier alpha value is -1.22. The van der Waals surface area contributed by atoms with Crippen LogP contribution in [0.25, 0.3) is 0 Å². The predicted molar refractivity (Wildman–Crippen MR) is 73.8 cm³/mol. The molecule has 19 heavy (non-hydrogen) atoms. The number of sulfonamides is 1. The van der Waals surface area contributed by atoms with Crippen molar-refractivity contribution < 1.29 is 13.3 Å². The summed E-state index contributed by atoms with van der Waals surface area (Å²) in [5.41, 5.74) is 5.06. The third kappa shape index (κ3) is 5.11. The minimum absolute atomic E-state index is 0. The summed E-state index contributed by atoms with van der Waals surface area (Å²) in [5.74, 6) is 0. The van der Waals surface area contributed by atoms with Gasteiger partial charge in [0.15, 0.2) is 4.90 Å². The number of nitrogens with one attached hydrogen (secondary N) is 1. The van der Waals surface area contributed by atoms with Crippen molar-refractivity contribution in [3.05, 3.63) is 34.4 Å². The average Bonchev–Trinajstić information content (AvgIpc) is 2.28. The SMILES string of the molecule is CC(N)CCNS(=O)(=O)c1ccccc1[N+](=O)[O-].Cl. The van der Waals surface area contributed by atoms with Gasteiger partial charge >= 0.3 is 0 Å². The van der Waals surface area contributed by atoms with Crippen LogP contribution in [0, 0.1) is 10.1 Å². The van der Waals surface area contributed by atoms with Gasteiger partial charge in [0.2, 0.25) is 10.0 Å². The summed E-state index contributed by atoms with van der Waals surface area (Å²) in [6.45, 7) is 1.89. The number of hydrogen-bond donors (Lipinski definition) is 2. The number of nitrogens with two attached hydrogens (primary N) is 1. The minimum atomic E-state index is -3.88. The van der Waals surface area contributed by atoms with E-state index in [-0.39, 0.29) is 29.9 Å². The Balaban J connectivity index is 0.00000324.